The maximum absolute atomic E-state index is 12.9. The van der Waals surface area contributed by atoms with Gasteiger partial charge in [-0.15, -0.1) is 0 Å². The van der Waals surface area contributed by atoms with Crippen LogP contribution in [0.4, 0.5) is 5.69 Å². The third kappa shape index (κ3) is 5.79. The van der Waals surface area contributed by atoms with Gasteiger partial charge in [-0.2, -0.15) is 0 Å². The van der Waals surface area contributed by atoms with E-state index in [1.165, 1.54) is 9.80 Å². The molecule has 0 fully saturated rings. The van der Waals surface area contributed by atoms with Crippen LogP contribution in [0.1, 0.15) is 32.3 Å². The molecule has 1 aromatic carbocycles. The van der Waals surface area contributed by atoms with Gasteiger partial charge in [0.05, 0.1) is 5.92 Å². The fraction of sp³-hybridized carbons (Fsp3) is 0.550. The number of benzene rings is 1. The van der Waals surface area contributed by atoms with Crippen LogP contribution in [0.5, 0.6) is 0 Å². The van der Waals surface area contributed by atoms with Crippen molar-refractivity contribution in [2.45, 2.75) is 33.1 Å². The molecule has 1 unspecified atom stereocenters. The number of aliphatic carboxylic acids is 1. The first-order valence-corrected chi connectivity index (χ1v) is 9.40. The van der Waals surface area contributed by atoms with Crippen LogP contribution in [-0.2, 0) is 25.5 Å². The average molecular weight is 376 g/mol. The lowest BCUT2D eigenvalue weighted by Gasteiger charge is -2.32. The second kappa shape index (κ2) is 10.1. The Balaban J connectivity index is 2.09. The summed E-state index contributed by atoms with van der Waals surface area (Å²) < 4.78 is 5.31. The molecule has 1 heterocycles. The number of carboxylic acids is 1. The van der Waals surface area contributed by atoms with Gasteiger partial charge in [0, 0.05) is 38.4 Å². The predicted octanol–water partition coefficient (Wildman–Crippen LogP) is 1.94. The molecule has 1 N–H and O–H groups in total. The first kappa shape index (κ1) is 20.9. The molecular formula is C20H28N2O5. The highest BCUT2D eigenvalue weighted by Gasteiger charge is 2.28. The van der Waals surface area contributed by atoms with Crippen LogP contribution >= 0.6 is 0 Å². The first-order chi connectivity index (χ1) is 12.9. The van der Waals surface area contributed by atoms with E-state index in [2.05, 4.69) is 0 Å². The van der Waals surface area contributed by atoms with Gasteiger partial charge in [-0.25, -0.2) is 0 Å². The van der Waals surface area contributed by atoms with E-state index in [-0.39, 0.29) is 24.9 Å². The quantitative estimate of drug-likeness (QED) is 0.631. The highest BCUT2D eigenvalue weighted by Crippen LogP contribution is 2.27. The zero-order valence-corrected chi connectivity index (χ0v) is 16.0. The maximum atomic E-state index is 12.9. The summed E-state index contributed by atoms with van der Waals surface area (Å²) in [5, 5.41) is 9.19. The molecule has 0 bridgehead atoms. The number of aryl methyl sites for hydroxylation is 1. The van der Waals surface area contributed by atoms with Crippen molar-refractivity contribution in [2.24, 2.45) is 5.92 Å². The van der Waals surface area contributed by atoms with Crippen molar-refractivity contribution in [3.63, 3.8) is 0 Å². The fourth-order valence-electron chi connectivity index (χ4n) is 3.13. The summed E-state index contributed by atoms with van der Waals surface area (Å²) in [4.78, 5) is 39.5. The number of fused-ring (bicyclic) bond motifs is 1. The number of amides is 2. The summed E-state index contributed by atoms with van der Waals surface area (Å²) in [6.07, 6.45) is 1.67. The Bertz CT molecular complexity index is 676. The molecule has 1 aromatic rings. The van der Waals surface area contributed by atoms with Crippen molar-refractivity contribution in [3.8, 4) is 0 Å². The van der Waals surface area contributed by atoms with Crippen molar-refractivity contribution >= 4 is 23.5 Å². The normalized spacial score (nSPS) is 14.6. The minimum atomic E-state index is -0.947. The van der Waals surface area contributed by atoms with Gasteiger partial charge in [0.15, 0.2) is 0 Å². The lowest BCUT2D eigenvalue weighted by molar-refractivity contribution is -0.143. The van der Waals surface area contributed by atoms with E-state index in [9.17, 15) is 19.5 Å². The molecule has 0 saturated heterocycles. The van der Waals surface area contributed by atoms with Crippen molar-refractivity contribution in [3.05, 3.63) is 29.8 Å². The topological polar surface area (TPSA) is 87.2 Å². The third-order valence-electron chi connectivity index (χ3n) is 4.67. The summed E-state index contributed by atoms with van der Waals surface area (Å²) in [7, 11) is 0. The van der Waals surface area contributed by atoms with Crippen molar-refractivity contribution < 1.29 is 24.2 Å². The fourth-order valence-corrected chi connectivity index (χ4v) is 3.13. The van der Waals surface area contributed by atoms with Crippen LogP contribution < -0.4 is 4.90 Å². The zero-order chi connectivity index (χ0) is 19.8. The number of hydrogen-bond acceptors (Lipinski definition) is 4. The number of para-hydroxylation sites is 1. The molecule has 1 aliphatic rings. The molecular weight excluding hydrogens is 348 g/mol. The van der Waals surface area contributed by atoms with Crippen LogP contribution in [0.2, 0.25) is 0 Å². The molecule has 2 amide bonds. The largest absolute Gasteiger partial charge is 0.481 e. The Morgan fingerprint density at radius 3 is 2.74 bits per heavy atom. The molecule has 7 heteroatoms. The summed E-state index contributed by atoms with van der Waals surface area (Å²) in [6.45, 7) is 5.02. The number of ether oxygens (including phenoxy) is 1. The lowest BCUT2D eigenvalue weighted by Crippen LogP contribution is -2.47. The van der Waals surface area contributed by atoms with Crippen LogP contribution in [0.25, 0.3) is 0 Å². The standard InChI is InChI=1S/C20H28N2O5/c1-3-27-12-6-11-21(13-15(2)20(25)26)19(24)14-22-17-8-5-4-7-16(17)9-10-18(22)23/h4-5,7-8,15H,3,6,9-14H2,1-2H3,(H,25,26). The molecule has 0 saturated carbocycles. The smallest absolute Gasteiger partial charge is 0.308 e. The number of anilines is 1. The molecule has 0 radical (unpaired) electrons. The number of carboxylic acid groups (broad SMARTS) is 1. The molecule has 0 spiro atoms. The van der Waals surface area contributed by atoms with Crippen LogP contribution in [-0.4, -0.2) is 60.6 Å². The van der Waals surface area contributed by atoms with Crippen LogP contribution in [0, 0.1) is 5.92 Å². The van der Waals surface area contributed by atoms with Gasteiger partial charge in [-0.1, -0.05) is 25.1 Å². The second-order valence-electron chi connectivity index (χ2n) is 6.74. The van der Waals surface area contributed by atoms with Crippen molar-refractivity contribution in [2.75, 3.05) is 37.7 Å². The van der Waals surface area contributed by atoms with E-state index in [0.717, 1.165) is 11.3 Å². The van der Waals surface area contributed by atoms with Gasteiger partial charge in [0.25, 0.3) is 0 Å². The van der Waals surface area contributed by atoms with Crippen LogP contribution in [0.3, 0.4) is 0 Å². The summed E-state index contributed by atoms with van der Waals surface area (Å²) in [5.41, 5.74) is 1.81. The Labute approximate surface area is 159 Å². The molecule has 0 aliphatic carbocycles. The molecule has 2 rings (SSSR count). The Morgan fingerprint density at radius 1 is 1.30 bits per heavy atom. The molecule has 148 valence electrons. The van der Waals surface area contributed by atoms with Gasteiger partial charge in [0.1, 0.15) is 6.54 Å². The van der Waals surface area contributed by atoms with E-state index in [0.29, 0.717) is 39.0 Å². The van der Waals surface area contributed by atoms with Gasteiger partial charge >= 0.3 is 5.97 Å². The summed E-state index contributed by atoms with van der Waals surface area (Å²) in [5.74, 6) is -1.95. The van der Waals surface area contributed by atoms with E-state index >= 15 is 0 Å². The van der Waals surface area contributed by atoms with E-state index in [1.807, 2.05) is 31.2 Å². The van der Waals surface area contributed by atoms with Crippen molar-refractivity contribution in [1.29, 1.82) is 0 Å². The molecule has 0 aromatic heterocycles. The number of carbonyl (C=O) groups is 3. The molecule has 1 atom stereocenters. The second-order valence-corrected chi connectivity index (χ2v) is 6.74. The Kier molecular flexibility index (Phi) is 7.79. The highest BCUT2D eigenvalue weighted by molar-refractivity contribution is 6.01. The van der Waals surface area contributed by atoms with Crippen molar-refractivity contribution in [1.82, 2.24) is 4.90 Å². The highest BCUT2D eigenvalue weighted by atomic mass is 16.5. The predicted molar refractivity (Wildman–Crippen MR) is 102 cm³/mol. The number of nitrogens with zero attached hydrogens (tertiary/aromatic N) is 2. The van der Waals surface area contributed by atoms with Gasteiger partial charge in [-0.3, -0.25) is 14.4 Å². The van der Waals surface area contributed by atoms with E-state index in [1.54, 1.807) is 6.92 Å². The third-order valence-corrected chi connectivity index (χ3v) is 4.67. The average Bonchev–Trinajstić information content (AvgIpc) is 2.66. The minimum absolute atomic E-state index is 0.0726. The van der Waals surface area contributed by atoms with E-state index in [4.69, 9.17) is 4.74 Å². The summed E-state index contributed by atoms with van der Waals surface area (Å²) >= 11 is 0. The molecule has 1 aliphatic heterocycles. The maximum Gasteiger partial charge on any atom is 0.308 e. The van der Waals surface area contributed by atoms with Crippen LogP contribution in [0.15, 0.2) is 24.3 Å². The van der Waals surface area contributed by atoms with Gasteiger partial charge in [-0.05, 0) is 31.4 Å². The summed E-state index contributed by atoms with van der Waals surface area (Å²) in [6, 6.07) is 7.58. The molecule has 7 nitrogen and oxygen atoms in total. The molecule has 27 heavy (non-hydrogen) atoms. The van der Waals surface area contributed by atoms with Gasteiger partial charge < -0.3 is 19.6 Å². The zero-order valence-electron chi connectivity index (χ0n) is 16.0. The van der Waals surface area contributed by atoms with E-state index < -0.39 is 11.9 Å². The lowest BCUT2D eigenvalue weighted by atomic mass is 10.0. The number of hydrogen-bond donors (Lipinski definition) is 1. The SMILES string of the molecule is CCOCCCN(CC(C)C(=O)O)C(=O)CN1C(=O)CCc2ccccc21. The Morgan fingerprint density at radius 2 is 2.04 bits per heavy atom. The monoisotopic (exact) mass is 376 g/mol. The van der Waals surface area contributed by atoms with Gasteiger partial charge in [0.2, 0.25) is 11.8 Å². The number of rotatable bonds is 10. The Hall–Kier alpha value is -2.41. The number of carbonyl (C=O) groups excluding carboxylic acids is 2. The first-order valence-electron chi connectivity index (χ1n) is 9.40. The minimum Gasteiger partial charge on any atom is -0.481 e.